The molecule has 0 atom stereocenters. The van der Waals surface area contributed by atoms with Crippen molar-refractivity contribution in [2.45, 2.75) is 104 Å². The van der Waals surface area contributed by atoms with Gasteiger partial charge in [-0.25, -0.2) is 0 Å². The Labute approximate surface area is 395 Å². The third kappa shape index (κ3) is 14.7. The average Bonchev–Trinajstić information content (AvgIpc) is 3.88. The second kappa shape index (κ2) is 22.9. The Kier molecular flexibility index (Phi) is 21.4. The van der Waals surface area contributed by atoms with Crippen molar-refractivity contribution >= 4 is 69.5 Å². The quantitative estimate of drug-likeness (QED) is 0.0922. The van der Waals surface area contributed by atoms with E-state index in [2.05, 4.69) is 241 Å². The van der Waals surface area contributed by atoms with Crippen LogP contribution >= 0.6 is 15.8 Å². The van der Waals surface area contributed by atoms with Crippen molar-refractivity contribution in [1.29, 1.82) is 0 Å². The second-order valence-corrected chi connectivity index (χ2v) is 26.1. The summed E-state index contributed by atoms with van der Waals surface area (Å²) >= 11 is 0. The van der Waals surface area contributed by atoms with Crippen LogP contribution in [0.15, 0.2) is 158 Å². The molecular weight excluding hydrogens is 853 g/mol. The van der Waals surface area contributed by atoms with E-state index in [1.54, 1.807) is 10.6 Å². The molecule has 0 spiro atoms. The van der Waals surface area contributed by atoms with E-state index in [4.69, 9.17) is 0 Å². The first-order valence-electron chi connectivity index (χ1n) is 19.4. The van der Waals surface area contributed by atoms with Crippen LogP contribution < -0.4 is 35.4 Å². The number of fused-ring (bicyclic) bond motifs is 4. The molecule has 8 rings (SSSR count). The Bertz CT molecular complexity index is 2040. The number of benzene rings is 4. The van der Waals surface area contributed by atoms with E-state index in [0.29, 0.717) is 20.6 Å². The summed E-state index contributed by atoms with van der Waals surface area (Å²) in [5.41, 5.74) is 0. The van der Waals surface area contributed by atoms with Gasteiger partial charge in [0, 0.05) is 0 Å². The molecule has 0 aliphatic carbocycles. The molecule has 0 radical (unpaired) electrons. The summed E-state index contributed by atoms with van der Waals surface area (Å²) in [4.78, 5) is 0. The monoisotopic (exact) mass is 914 g/mol. The van der Waals surface area contributed by atoms with Gasteiger partial charge in [-0.3, -0.25) is 0 Å². The van der Waals surface area contributed by atoms with Gasteiger partial charge in [-0.2, -0.15) is 47.2 Å². The maximum Gasteiger partial charge on any atom is 2.00 e. The molecule has 8 aromatic rings. The van der Waals surface area contributed by atoms with Crippen LogP contribution in [-0.2, 0) is 43.4 Å². The summed E-state index contributed by atoms with van der Waals surface area (Å²) in [7, 11) is -0.369. The third-order valence-corrected chi connectivity index (χ3v) is 16.4. The van der Waals surface area contributed by atoms with Gasteiger partial charge in [0.25, 0.3) is 0 Å². The molecule has 0 bridgehead atoms. The van der Waals surface area contributed by atoms with Gasteiger partial charge >= 0.3 is 43.4 Å². The van der Waals surface area contributed by atoms with Crippen LogP contribution in [0.5, 0.6) is 0 Å². The number of rotatable bonds is 2. The number of hydrogen-bond acceptors (Lipinski definition) is 0. The number of hydrogen-bond donors (Lipinski definition) is 0. The van der Waals surface area contributed by atoms with Crippen molar-refractivity contribution in [3.8, 4) is 0 Å². The van der Waals surface area contributed by atoms with Crippen molar-refractivity contribution in [3.63, 3.8) is 0 Å². The minimum Gasteiger partial charge on any atom is -1.00 e. The predicted molar refractivity (Wildman–Crippen MR) is 250 cm³/mol. The van der Waals surface area contributed by atoms with Crippen molar-refractivity contribution in [2.75, 3.05) is 0 Å². The summed E-state index contributed by atoms with van der Waals surface area (Å²) in [6.07, 6.45) is 0. The fourth-order valence-electron chi connectivity index (χ4n) is 8.23. The van der Waals surface area contributed by atoms with Crippen LogP contribution in [-0.4, -0.2) is 20.6 Å². The molecule has 0 nitrogen and oxygen atoms in total. The SMILES string of the molecule is CC(C)(C)P(c1cc2ccccc2[cH-]1)C(C)(C)C.CC(C)(C)P(c1cc2ccccc2[cH-]1)C(C)(C)C.[Cl-].[Cl-].[Ti+2].[Ti+2].c1ccc2[cH-]ccc2c1.c1ccc2[cH-]ccc2c1. The first-order chi connectivity index (χ1) is 25.3. The van der Waals surface area contributed by atoms with Crippen LogP contribution in [0, 0.1) is 0 Å². The molecule has 0 unspecified atom stereocenters. The van der Waals surface area contributed by atoms with Gasteiger partial charge in [-0.1, -0.05) is 123 Å². The zero-order valence-corrected chi connectivity index (χ0v) is 43.1. The minimum atomic E-state index is -0.185. The summed E-state index contributed by atoms with van der Waals surface area (Å²) < 4.78 is 0. The van der Waals surface area contributed by atoms with Crippen molar-refractivity contribution < 1.29 is 68.2 Å². The molecule has 0 aromatic heterocycles. The molecule has 0 amide bonds. The average molecular weight is 916 g/mol. The Morgan fingerprint density at radius 1 is 0.345 bits per heavy atom. The topological polar surface area (TPSA) is 0 Å². The van der Waals surface area contributed by atoms with Crippen LogP contribution in [0.1, 0.15) is 83.1 Å². The smallest absolute Gasteiger partial charge is 1.00 e. The van der Waals surface area contributed by atoms with E-state index in [1.807, 2.05) is 0 Å². The minimum absolute atomic E-state index is 0. The van der Waals surface area contributed by atoms with Gasteiger partial charge in [0.05, 0.1) is 0 Å². The molecule has 0 fully saturated rings. The van der Waals surface area contributed by atoms with Crippen LogP contribution in [0.2, 0.25) is 0 Å². The fraction of sp³-hybridized carbons (Fsp3) is 0.308. The van der Waals surface area contributed by atoms with E-state index < -0.39 is 0 Å². The molecule has 0 N–H and O–H groups in total. The predicted octanol–water partition coefficient (Wildman–Crippen LogP) is 9.65. The summed E-state index contributed by atoms with van der Waals surface area (Å²) in [5.74, 6) is 0. The van der Waals surface area contributed by atoms with E-state index in [-0.39, 0.29) is 84.1 Å². The standard InChI is InChI=1S/2C17H24P.2C9H7.2ClH.2Ti/c2*1-16(2,3)18(17(4,5)6)15-11-13-9-7-8-10-14(13)12-15;2*1-2-5-9-7-3-6-8(9)4-1;;;;/h2*7-12H,1-6H3;2*1-7H;2*1H;;/q4*-1;;;2*+2/p-2. The largest absolute Gasteiger partial charge is 2.00 e. The van der Waals surface area contributed by atoms with Crippen LogP contribution in [0.3, 0.4) is 0 Å². The zero-order valence-electron chi connectivity index (χ0n) is 36.7. The van der Waals surface area contributed by atoms with E-state index in [0.717, 1.165) is 0 Å². The summed E-state index contributed by atoms with van der Waals surface area (Å²) in [5, 5.41) is 15.3. The van der Waals surface area contributed by atoms with Gasteiger partial charge in [-0.05, 0) is 20.6 Å². The van der Waals surface area contributed by atoms with E-state index in [9.17, 15) is 0 Å². The molecule has 8 aromatic carbocycles. The van der Waals surface area contributed by atoms with Gasteiger partial charge < -0.3 is 24.8 Å². The maximum atomic E-state index is 2.40. The Hall–Kier alpha value is -1.81. The van der Waals surface area contributed by atoms with Crippen LogP contribution in [0.4, 0.5) is 0 Å². The molecule has 58 heavy (non-hydrogen) atoms. The van der Waals surface area contributed by atoms with Crippen LogP contribution in [0.25, 0.3) is 43.1 Å². The Balaban J connectivity index is 0.000000394. The Morgan fingerprint density at radius 3 is 0.862 bits per heavy atom. The summed E-state index contributed by atoms with van der Waals surface area (Å²) in [6, 6.07) is 56.3. The molecule has 304 valence electrons. The van der Waals surface area contributed by atoms with Crippen molar-refractivity contribution in [3.05, 3.63) is 158 Å². The maximum absolute atomic E-state index is 2.40. The molecule has 6 heteroatoms. The second-order valence-electron chi connectivity index (χ2n) is 18.3. The first kappa shape index (κ1) is 54.2. The molecule has 0 aliphatic rings. The first-order valence-corrected chi connectivity index (χ1v) is 22.1. The third-order valence-electron chi connectivity index (χ3n) is 9.50. The normalized spacial score (nSPS) is 11.6. The molecule has 0 saturated heterocycles. The van der Waals surface area contributed by atoms with Gasteiger partial charge in [0.1, 0.15) is 0 Å². The zero-order chi connectivity index (χ0) is 39.3. The number of halogens is 2. The van der Waals surface area contributed by atoms with Gasteiger partial charge in [-0.15, -0.1) is 140 Å². The van der Waals surface area contributed by atoms with E-state index >= 15 is 0 Å². The summed E-state index contributed by atoms with van der Waals surface area (Å²) in [6.45, 7) is 28.5. The molecule has 0 aliphatic heterocycles. The van der Waals surface area contributed by atoms with Gasteiger partial charge in [0.15, 0.2) is 0 Å². The molecular formula is C52H62Cl2P2Ti2-2. The molecule has 0 heterocycles. The van der Waals surface area contributed by atoms with Gasteiger partial charge in [0.2, 0.25) is 0 Å². The fourth-order valence-corrected chi connectivity index (χ4v) is 16.4. The van der Waals surface area contributed by atoms with E-state index in [1.165, 1.54) is 43.1 Å². The molecule has 0 saturated carbocycles. The van der Waals surface area contributed by atoms with Crippen molar-refractivity contribution in [1.82, 2.24) is 0 Å². The van der Waals surface area contributed by atoms with Crippen molar-refractivity contribution in [2.24, 2.45) is 0 Å². The Morgan fingerprint density at radius 2 is 0.603 bits per heavy atom.